The normalized spacial score (nSPS) is 14.7. The Morgan fingerprint density at radius 2 is 1.57 bits per heavy atom. The fourth-order valence-electron chi connectivity index (χ4n) is 5.32. The molecule has 0 unspecified atom stereocenters. The van der Waals surface area contributed by atoms with Crippen molar-refractivity contribution in [2.75, 3.05) is 30.9 Å². The molecule has 4 rings (SSSR count). The first kappa shape index (κ1) is 29.1. The molecular weight excluding hydrogens is 496 g/mol. The molecule has 210 valence electrons. The van der Waals surface area contributed by atoms with Crippen molar-refractivity contribution in [2.24, 2.45) is 11.3 Å². The van der Waals surface area contributed by atoms with Gasteiger partial charge in [-0.05, 0) is 77.8 Å². The number of carbonyl (C=O) groups excluding carboxylic acids is 2. The van der Waals surface area contributed by atoms with E-state index in [0.29, 0.717) is 12.5 Å². The van der Waals surface area contributed by atoms with Gasteiger partial charge in [-0.1, -0.05) is 81.6 Å². The number of anilines is 2. The summed E-state index contributed by atoms with van der Waals surface area (Å²) in [5.41, 5.74) is 5.87. The lowest BCUT2D eigenvalue weighted by Crippen LogP contribution is -2.40. The van der Waals surface area contributed by atoms with Crippen molar-refractivity contribution in [3.05, 3.63) is 90.0 Å². The molecule has 1 N–H and O–H groups in total. The second-order valence-corrected chi connectivity index (χ2v) is 11.6. The van der Waals surface area contributed by atoms with Crippen LogP contribution in [0.15, 0.2) is 78.9 Å². The highest BCUT2D eigenvalue weighted by Gasteiger charge is 2.39. The largest absolute Gasteiger partial charge is 0.462 e. The van der Waals surface area contributed by atoms with Crippen LogP contribution in [0.2, 0.25) is 0 Å². The molecule has 0 heterocycles. The number of ether oxygens (including phenoxy) is 1. The van der Waals surface area contributed by atoms with Gasteiger partial charge in [-0.2, -0.15) is 0 Å². The Kier molecular flexibility index (Phi) is 9.81. The molecule has 0 atom stereocenters. The minimum absolute atomic E-state index is 0.0769. The maximum atomic E-state index is 13.8. The number of nitrogens with zero attached hydrogens (tertiary/aromatic N) is 1. The molecule has 1 aliphatic carbocycles. The summed E-state index contributed by atoms with van der Waals surface area (Å²) in [6.45, 7) is 4.40. The zero-order valence-corrected chi connectivity index (χ0v) is 24.3. The minimum atomic E-state index is -0.431. The van der Waals surface area contributed by atoms with Crippen LogP contribution < -0.4 is 10.2 Å². The van der Waals surface area contributed by atoms with Crippen LogP contribution in [0, 0.1) is 11.3 Å². The first-order valence-corrected chi connectivity index (χ1v) is 14.4. The number of benzene rings is 3. The highest BCUT2D eigenvalue weighted by atomic mass is 16.5. The van der Waals surface area contributed by atoms with E-state index < -0.39 is 5.41 Å². The Morgan fingerprint density at radius 3 is 2.20 bits per heavy atom. The van der Waals surface area contributed by atoms with Gasteiger partial charge in [0.15, 0.2) is 0 Å². The van der Waals surface area contributed by atoms with E-state index in [1.165, 1.54) is 34.9 Å². The number of hydrogen-bond donors (Lipinski definition) is 1. The fourth-order valence-corrected chi connectivity index (χ4v) is 5.32. The van der Waals surface area contributed by atoms with Crippen LogP contribution >= 0.6 is 0 Å². The topological polar surface area (TPSA) is 58.6 Å². The van der Waals surface area contributed by atoms with Crippen LogP contribution in [-0.2, 0) is 20.7 Å². The number of hydrogen-bond acceptors (Lipinski definition) is 4. The summed E-state index contributed by atoms with van der Waals surface area (Å²) in [6.07, 6.45) is 8.94. The maximum Gasteiger partial charge on any atom is 0.330 e. The monoisotopic (exact) mass is 538 g/mol. The average Bonchev–Trinajstić information content (AvgIpc) is 2.96. The minimum Gasteiger partial charge on any atom is -0.462 e. The van der Waals surface area contributed by atoms with E-state index in [9.17, 15) is 9.59 Å². The summed E-state index contributed by atoms with van der Waals surface area (Å²) in [6, 6.07) is 24.8. The highest BCUT2D eigenvalue weighted by Crippen LogP contribution is 2.41. The Hall–Kier alpha value is -3.86. The Labute approximate surface area is 239 Å². The average molecular weight is 539 g/mol. The van der Waals surface area contributed by atoms with E-state index in [2.05, 4.69) is 58.7 Å². The Morgan fingerprint density at radius 1 is 0.925 bits per heavy atom. The molecule has 3 aromatic carbocycles. The Balaban J connectivity index is 1.45. The van der Waals surface area contributed by atoms with Crippen LogP contribution in [0.25, 0.3) is 17.2 Å². The van der Waals surface area contributed by atoms with Crippen molar-refractivity contribution in [3.63, 3.8) is 0 Å². The van der Waals surface area contributed by atoms with Gasteiger partial charge in [0.2, 0.25) is 5.91 Å². The van der Waals surface area contributed by atoms with Crippen LogP contribution in [0.4, 0.5) is 11.4 Å². The van der Waals surface area contributed by atoms with Crippen LogP contribution in [-0.4, -0.2) is 32.6 Å². The van der Waals surface area contributed by atoms with Crippen molar-refractivity contribution >= 4 is 29.3 Å². The van der Waals surface area contributed by atoms with Gasteiger partial charge in [0.1, 0.15) is 0 Å². The number of esters is 1. The summed E-state index contributed by atoms with van der Waals surface area (Å²) in [4.78, 5) is 27.8. The molecule has 40 heavy (non-hydrogen) atoms. The molecule has 1 amide bonds. The van der Waals surface area contributed by atoms with E-state index in [1.807, 2.05) is 52.2 Å². The molecule has 0 radical (unpaired) electrons. The van der Waals surface area contributed by atoms with Crippen LogP contribution in [0.3, 0.4) is 0 Å². The maximum absolute atomic E-state index is 13.8. The summed E-state index contributed by atoms with van der Waals surface area (Å²) in [5.74, 6) is 0.00956. The van der Waals surface area contributed by atoms with Gasteiger partial charge in [-0.25, -0.2) is 4.79 Å². The third kappa shape index (κ3) is 7.84. The SMILES string of the molecule is CC(C)COC(=O)/C=C/c1cccc(NC(=O)C2(Cc3ccc(-c4ccc(N(C)C)cc4)cc3)CCCCC2)c1. The van der Waals surface area contributed by atoms with Gasteiger partial charge in [-0.3, -0.25) is 4.79 Å². The molecule has 1 aliphatic rings. The smallest absolute Gasteiger partial charge is 0.330 e. The van der Waals surface area contributed by atoms with Gasteiger partial charge in [-0.15, -0.1) is 0 Å². The van der Waals surface area contributed by atoms with Crippen molar-refractivity contribution in [3.8, 4) is 11.1 Å². The van der Waals surface area contributed by atoms with Crippen LogP contribution in [0.5, 0.6) is 0 Å². The van der Waals surface area contributed by atoms with Gasteiger partial charge in [0.25, 0.3) is 0 Å². The zero-order valence-electron chi connectivity index (χ0n) is 24.3. The summed E-state index contributed by atoms with van der Waals surface area (Å²) >= 11 is 0. The van der Waals surface area contributed by atoms with Gasteiger partial charge >= 0.3 is 5.97 Å². The van der Waals surface area contributed by atoms with Crippen molar-refractivity contribution in [2.45, 2.75) is 52.4 Å². The third-order valence-corrected chi connectivity index (χ3v) is 7.62. The zero-order chi connectivity index (χ0) is 28.5. The molecule has 0 aliphatic heterocycles. The predicted molar refractivity (Wildman–Crippen MR) is 165 cm³/mol. The third-order valence-electron chi connectivity index (χ3n) is 7.62. The van der Waals surface area contributed by atoms with Gasteiger partial charge in [0, 0.05) is 31.5 Å². The summed E-state index contributed by atoms with van der Waals surface area (Å²) in [7, 11) is 4.09. The number of rotatable bonds is 10. The molecule has 0 aromatic heterocycles. The van der Waals surface area contributed by atoms with E-state index in [4.69, 9.17) is 4.74 Å². The first-order valence-electron chi connectivity index (χ1n) is 14.4. The second-order valence-electron chi connectivity index (χ2n) is 11.6. The van der Waals surface area contributed by atoms with E-state index in [-0.39, 0.29) is 11.9 Å². The fraction of sp³-hybridized carbons (Fsp3) is 0.371. The van der Waals surface area contributed by atoms with Gasteiger partial charge in [0.05, 0.1) is 12.0 Å². The molecule has 1 fully saturated rings. The molecular formula is C35H42N2O3. The molecule has 3 aromatic rings. The molecule has 0 saturated heterocycles. The van der Waals surface area contributed by atoms with Gasteiger partial charge < -0.3 is 15.0 Å². The lowest BCUT2D eigenvalue weighted by molar-refractivity contribution is -0.138. The van der Waals surface area contributed by atoms with Crippen molar-refractivity contribution in [1.29, 1.82) is 0 Å². The summed E-state index contributed by atoms with van der Waals surface area (Å²) < 4.78 is 5.22. The van der Waals surface area contributed by atoms with E-state index >= 15 is 0 Å². The standard InChI is InChI=1S/C35H42N2O3/c1-26(2)25-40-33(38)20-13-27-9-8-10-31(23-27)36-34(39)35(21-6-5-7-22-35)24-28-11-14-29(15-12-28)30-16-18-32(19-17-30)37(3)4/h8-20,23,26H,5-7,21-22,24-25H2,1-4H3,(H,36,39)/b20-13+. The van der Waals surface area contributed by atoms with Crippen molar-refractivity contribution < 1.29 is 14.3 Å². The molecule has 5 nitrogen and oxygen atoms in total. The lowest BCUT2D eigenvalue weighted by Gasteiger charge is -2.36. The molecule has 5 heteroatoms. The molecule has 0 bridgehead atoms. The van der Waals surface area contributed by atoms with Crippen LogP contribution in [0.1, 0.15) is 57.1 Å². The number of amides is 1. The van der Waals surface area contributed by atoms with Crippen molar-refractivity contribution in [1.82, 2.24) is 0 Å². The second kappa shape index (κ2) is 13.5. The predicted octanol–water partition coefficient (Wildman–Crippen LogP) is 7.76. The Bertz CT molecular complexity index is 1300. The van der Waals surface area contributed by atoms with E-state index in [0.717, 1.165) is 43.4 Å². The first-order chi connectivity index (χ1) is 19.2. The number of nitrogens with one attached hydrogen (secondary N) is 1. The quantitative estimate of drug-likeness (QED) is 0.212. The molecule has 0 spiro atoms. The van der Waals surface area contributed by atoms with E-state index in [1.54, 1.807) is 6.08 Å². The molecule has 1 saturated carbocycles. The lowest BCUT2D eigenvalue weighted by atomic mass is 9.69. The highest BCUT2D eigenvalue weighted by molar-refractivity contribution is 5.96. The number of carbonyl (C=O) groups is 2. The summed E-state index contributed by atoms with van der Waals surface area (Å²) in [5, 5.41) is 3.20.